The molecule has 140 valence electrons. The zero-order chi connectivity index (χ0) is 19.7. The van der Waals surface area contributed by atoms with Crippen molar-refractivity contribution in [2.45, 2.75) is 6.54 Å². The van der Waals surface area contributed by atoms with Gasteiger partial charge in [0.2, 0.25) is 0 Å². The number of amides is 1. The molecular weight excluding hydrogens is 401 g/mol. The van der Waals surface area contributed by atoms with Crippen LogP contribution in [0.1, 0.15) is 16.1 Å². The summed E-state index contributed by atoms with van der Waals surface area (Å²) in [6.07, 6.45) is 4.76. The lowest BCUT2D eigenvalue weighted by molar-refractivity contribution is -0.668. The molecular formula is C19H14Cl2N5O2+. The number of aromatic hydroxyl groups is 1. The smallest absolute Gasteiger partial charge is 0.337 e. The van der Waals surface area contributed by atoms with Crippen LogP contribution in [-0.4, -0.2) is 25.4 Å². The molecule has 4 aromatic heterocycles. The quantitative estimate of drug-likeness (QED) is 0.396. The Hall–Kier alpha value is -3.16. The van der Waals surface area contributed by atoms with E-state index in [0.29, 0.717) is 28.2 Å². The van der Waals surface area contributed by atoms with Crippen LogP contribution in [0.5, 0.6) is 5.88 Å². The molecule has 0 bridgehead atoms. The van der Waals surface area contributed by atoms with E-state index in [2.05, 4.69) is 15.3 Å². The fraction of sp³-hybridized carbons (Fsp3) is 0.0526. The number of carbonyl (C=O) groups excluding carboxylic acids is 1. The van der Waals surface area contributed by atoms with Crippen LogP contribution in [0.15, 0.2) is 61.1 Å². The van der Waals surface area contributed by atoms with Crippen LogP contribution in [-0.2, 0) is 6.54 Å². The lowest BCUT2D eigenvalue weighted by Crippen LogP contribution is -2.33. The normalized spacial score (nSPS) is 10.9. The van der Waals surface area contributed by atoms with Crippen LogP contribution in [0.2, 0.25) is 10.2 Å². The zero-order valence-corrected chi connectivity index (χ0v) is 15.9. The minimum Gasteiger partial charge on any atom is -0.474 e. The second kappa shape index (κ2) is 7.46. The van der Waals surface area contributed by atoms with E-state index in [9.17, 15) is 9.90 Å². The van der Waals surface area contributed by atoms with Crippen LogP contribution < -0.4 is 9.88 Å². The van der Waals surface area contributed by atoms with E-state index in [1.807, 2.05) is 12.1 Å². The summed E-state index contributed by atoms with van der Waals surface area (Å²) in [5.74, 6) is -0.345. The number of hydrogen-bond donors (Lipinski definition) is 2. The average molecular weight is 415 g/mol. The third-order valence-electron chi connectivity index (χ3n) is 4.14. The molecule has 0 atom stereocenters. The molecule has 0 aliphatic heterocycles. The monoisotopic (exact) mass is 414 g/mol. The molecule has 1 amide bonds. The Labute approximate surface area is 169 Å². The van der Waals surface area contributed by atoms with E-state index >= 15 is 0 Å². The SMILES string of the molecule is O=C(Nc1ccc(Cl)cn1)c1c(O)[n+](Cc2ccc(Cl)nc2)c2ccccn12. The molecule has 0 radical (unpaired) electrons. The number of rotatable bonds is 4. The number of fused-ring (bicyclic) bond motifs is 1. The summed E-state index contributed by atoms with van der Waals surface area (Å²) in [4.78, 5) is 20.9. The number of carbonyl (C=O) groups is 1. The summed E-state index contributed by atoms with van der Waals surface area (Å²) in [7, 11) is 0. The van der Waals surface area contributed by atoms with E-state index in [1.165, 1.54) is 6.20 Å². The summed E-state index contributed by atoms with van der Waals surface area (Å²) >= 11 is 11.7. The summed E-state index contributed by atoms with van der Waals surface area (Å²) in [6, 6.07) is 12.1. The molecule has 0 spiro atoms. The van der Waals surface area contributed by atoms with E-state index in [1.54, 1.807) is 51.7 Å². The third-order valence-corrected chi connectivity index (χ3v) is 4.58. The van der Waals surface area contributed by atoms with Gasteiger partial charge in [-0.05, 0) is 24.3 Å². The van der Waals surface area contributed by atoms with Gasteiger partial charge in [0.15, 0.2) is 0 Å². The van der Waals surface area contributed by atoms with Gasteiger partial charge in [0, 0.05) is 24.0 Å². The maximum atomic E-state index is 12.8. The van der Waals surface area contributed by atoms with E-state index in [4.69, 9.17) is 23.2 Å². The first-order valence-corrected chi connectivity index (χ1v) is 9.04. The largest absolute Gasteiger partial charge is 0.474 e. The Morgan fingerprint density at radius 1 is 1.11 bits per heavy atom. The second-order valence-electron chi connectivity index (χ2n) is 5.99. The molecule has 28 heavy (non-hydrogen) atoms. The molecule has 2 N–H and O–H groups in total. The van der Waals surface area contributed by atoms with Crippen molar-refractivity contribution < 1.29 is 14.5 Å². The van der Waals surface area contributed by atoms with Crippen LogP contribution in [0.4, 0.5) is 5.82 Å². The minimum absolute atomic E-state index is 0.0919. The summed E-state index contributed by atoms with van der Waals surface area (Å²) in [5.41, 5.74) is 1.56. The fourth-order valence-electron chi connectivity index (χ4n) is 2.86. The van der Waals surface area contributed by atoms with Gasteiger partial charge in [-0.15, -0.1) is 0 Å². The zero-order valence-electron chi connectivity index (χ0n) is 14.4. The van der Waals surface area contributed by atoms with Gasteiger partial charge in [-0.25, -0.2) is 9.97 Å². The number of imidazole rings is 1. The molecule has 4 heterocycles. The third kappa shape index (κ3) is 3.49. The van der Waals surface area contributed by atoms with Gasteiger partial charge in [-0.2, -0.15) is 8.97 Å². The highest BCUT2D eigenvalue weighted by molar-refractivity contribution is 6.30. The molecule has 0 saturated carbocycles. The van der Waals surface area contributed by atoms with Gasteiger partial charge in [-0.1, -0.05) is 35.3 Å². The van der Waals surface area contributed by atoms with Crippen molar-refractivity contribution in [2.75, 3.05) is 5.32 Å². The number of aromatic nitrogens is 4. The predicted molar refractivity (Wildman–Crippen MR) is 105 cm³/mol. The molecule has 0 aliphatic carbocycles. The van der Waals surface area contributed by atoms with Gasteiger partial charge >= 0.3 is 11.8 Å². The van der Waals surface area contributed by atoms with Crippen molar-refractivity contribution >= 4 is 40.6 Å². The van der Waals surface area contributed by atoms with Gasteiger partial charge < -0.3 is 10.4 Å². The molecule has 0 saturated heterocycles. The molecule has 0 aliphatic rings. The highest BCUT2D eigenvalue weighted by Gasteiger charge is 2.31. The maximum Gasteiger partial charge on any atom is 0.337 e. The number of halogens is 2. The summed E-state index contributed by atoms with van der Waals surface area (Å²) < 4.78 is 3.24. The van der Waals surface area contributed by atoms with Gasteiger partial charge in [0.1, 0.15) is 17.5 Å². The van der Waals surface area contributed by atoms with E-state index in [0.717, 1.165) is 5.56 Å². The molecule has 4 rings (SSSR count). The topological polar surface area (TPSA) is 83.4 Å². The van der Waals surface area contributed by atoms with Crippen LogP contribution in [0, 0.1) is 0 Å². The van der Waals surface area contributed by atoms with Crippen molar-refractivity contribution in [1.82, 2.24) is 14.4 Å². The standard InChI is InChI=1S/C19H13Cl2N5O2/c20-13-5-7-15(23-10-13)24-18(27)17-19(28)26(16-3-1-2-8-25(16)17)11-12-4-6-14(21)22-9-12/h1-10H,11H2,(H-,23,24,27,28)/p+1. The average Bonchev–Trinajstić information content (AvgIpc) is 2.97. The molecule has 0 aromatic carbocycles. The lowest BCUT2D eigenvalue weighted by Gasteiger charge is -2.02. The Morgan fingerprint density at radius 3 is 2.68 bits per heavy atom. The number of nitrogens with one attached hydrogen (secondary N) is 1. The number of pyridine rings is 3. The first kappa shape index (κ1) is 18.2. The first-order valence-electron chi connectivity index (χ1n) is 8.28. The molecule has 4 aromatic rings. The van der Waals surface area contributed by atoms with Crippen molar-refractivity contribution in [3.8, 4) is 5.88 Å². The summed E-state index contributed by atoms with van der Waals surface area (Å²) in [6.45, 7) is 0.315. The fourth-order valence-corrected chi connectivity index (χ4v) is 3.09. The highest BCUT2D eigenvalue weighted by Crippen LogP contribution is 2.20. The predicted octanol–water partition coefficient (Wildman–Crippen LogP) is 3.33. The number of nitrogens with zero attached hydrogens (tertiary/aromatic N) is 4. The Kier molecular flexibility index (Phi) is 4.85. The van der Waals surface area contributed by atoms with Crippen LogP contribution in [0.3, 0.4) is 0 Å². The van der Waals surface area contributed by atoms with Crippen molar-refractivity contribution in [3.05, 3.63) is 82.5 Å². The first-order chi connectivity index (χ1) is 13.5. The van der Waals surface area contributed by atoms with Gasteiger partial charge in [-0.3, -0.25) is 4.79 Å². The highest BCUT2D eigenvalue weighted by atomic mass is 35.5. The van der Waals surface area contributed by atoms with E-state index < -0.39 is 5.91 Å². The number of hydrogen-bond acceptors (Lipinski definition) is 4. The number of anilines is 1. The Morgan fingerprint density at radius 2 is 1.96 bits per heavy atom. The lowest BCUT2D eigenvalue weighted by atomic mass is 10.3. The molecule has 0 fully saturated rings. The van der Waals surface area contributed by atoms with E-state index in [-0.39, 0.29) is 11.6 Å². The Balaban J connectivity index is 1.74. The Bertz CT molecular complexity index is 1160. The molecule has 0 unspecified atom stereocenters. The van der Waals surface area contributed by atoms with Crippen LogP contribution >= 0.6 is 23.2 Å². The maximum absolute atomic E-state index is 12.8. The van der Waals surface area contributed by atoms with Gasteiger partial charge in [0.25, 0.3) is 11.3 Å². The van der Waals surface area contributed by atoms with Crippen molar-refractivity contribution in [2.24, 2.45) is 0 Å². The minimum atomic E-state index is -0.499. The van der Waals surface area contributed by atoms with Crippen molar-refractivity contribution in [3.63, 3.8) is 0 Å². The molecule has 9 heteroatoms. The summed E-state index contributed by atoms with van der Waals surface area (Å²) in [5, 5.41) is 14.3. The second-order valence-corrected chi connectivity index (χ2v) is 6.82. The molecule has 7 nitrogen and oxygen atoms in total. The van der Waals surface area contributed by atoms with Crippen molar-refractivity contribution in [1.29, 1.82) is 0 Å². The van der Waals surface area contributed by atoms with Gasteiger partial charge in [0.05, 0.1) is 11.2 Å². The van der Waals surface area contributed by atoms with Crippen LogP contribution in [0.25, 0.3) is 5.65 Å².